The minimum atomic E-state index is -0.666. The van der Waals surface area contributed by atoms with Crippen LogP contribution in [0.1, 0.15) is 18.9 Å². The van der Waals surface area contributed by atoms with E-state index in [0.717, 1.165) is 6.42 Å². The van der Waals surface area contributed by atoms with Gasteiger partial charge in [0.15, 0.2) is 17.3 Å². The summed E-state index contributed by atoms with van der Waals surface area (Å²) >= 11 is 0. The van der Waals surface area contributed by atoms with Crippen LogP contribution in [0, 0.1) is 5.82 Å². The lowest BCUT2D eigenvalue weighted by Gasteiger charge is -2.12. The van der Waals surface area contributed by atoms with E-state index in [0.29, 0.717) is 18.1 Å². The number of benzene rings is 1. The van der Waals surface area contributed by atoms with Crippen molar-refractivity contribution >= 4 is 0 Å². The number of rotatable bonds is 6. The van der Waals surface area contributed by atoms with E-state index in [1.807, 2.05) is 13.0 Å². The van der Waals surface area contributed by atoms with E-state index < -0.39 is 12.4 Å². The van der Waals surface area contributed by atoms with Crippen molar-refractivity contribution < 1.29 is 19.0 Å². The summed E-state index contributed by atoms with van der Waals surface area (Å²) in [5, 5.41) is 9.03. The average molecular weight is 277 g/mol. The van der Waals surface area contributed by atoms with Crippen LogP contribution in [0.2, 0.25) is 0 Å². The van der Waals surface area contributed by atoms with E-state index in [9.17, 15) is 4.39 Å². The second kappa shape index (κ2) is 6.86. The van der Waals surface area contributed by atoms with Gasteiger partial charge in [0, 0.05) is 11.8 Å². The molecule has 0 fully saturated rings. The Hall–Kier alpha value is -2.14. The summed E-state index contributed by atoms with van der Waals surface area (Å²) < 4.78 is 24.9. The Morgan fingerprint density at radius 1 is 1.20 bits per heavy atom. The summed E-state index contributed by atoms with van der Waals surface area (Å²) in [7, 11) is 0. The summed E-state index contributed by atoms with van der Waals surface area (Å²) in [6.45, 7) is 2.14. The van der Waals surface area contributed by atoms with E-state index in [-0.39, 0.29) is 11.4 Å². The highest BCUT2D eigenvalue weighted by Gasteiger charge is 2.13. The van der Waals surface area contributed by atoms with Gasteiger partial charge in [-0.1, -0.05) is 19.1 Å². The van der Waals surface area contributed by atoms with E-state index in [1.165, 1.54) is 12.3 Å². The molecule has 2 rings (SSSR count). The summed E-state index contributed by atoms with van der Waals surface area (Å²) in [4.78, 5) is 3.84. The number of nitrogens with zero attached hydrogens (tertiary/aromatic N) is 1. The van der Waals surface area contributed by atoms with Gasteiger partial charge in [0.05, 0.1) is 13.2 Å². The minimum absolute atomic E-state index is 0.141. The van der Waals surface area contributed by atoms with Crippen molar-refractivity contribution in [2.75, 3.05) is 6.61 Å². The lowest BCUT2D eigenvalue weighted by molar-refractivity contribution is 0.271. The SMILES string of the molecule is CCCOc1ccccc1Oc1nccc(CO)c1F. The van der Waals surface area contributed by atoms with Crippen molar-refractivity contribution in [3.05, 3.63) is 47.9 Å². The van der Waals surface area contributed by atoms with Crippen LogP contribution in [0.3, 0.4) is 0 Å². The second-order valence-electron chi connectivity index (χ2n) is 4.14. The number of pyridine rings is 1. The van der Waals surface area contributed by atoms with Gasteiger partial charge in [0.2, 0.25) is 0 Å². The Morgan fingerprint density at radius 2 is 1.95 bits per heavy atom. The average Bonchev–Trinajstić information content (AvgIpc) is 2.48. The third-order valence-electron chi connectivity index (χ3n) is 2.63. The third kappa shape index (κ3) is 3.24. The summed E-state index contributed by atoms with van der Waals surface area (Å²) in [6, 6.07) is 8.41. The Labute approximate surface area is 116 Å². The van der Waals surface area contributed by atoms with Crippen molar-refractivity contribution in [3.63, 3.8) is 0 Å². The minimum Gasteiger partial charge on any atom is -0.490 e. The molecule has 0 atom stereocenters. The second-order valence-corrected chi connectivity index (χ2v) is 4.14. The molecule has 0 bridgehead atoms. The first-order chi connectivity index (χ1) is 9.76. The summed E-state index contributed by atoms with van der Waals surface area (Å²) in [6.07, 6.45) is 2.25. The van der Waals surface area contributed by atoms with Gasteiger partial charge in [-0.2, -0.15) is 0 Å². The fourth-order valence-electron chi connectivity index (χ4n) is 1.63. The molecule has 0 saturated carbocycles. The van der Waals surface area contributed by atoms with Crippen LogP contribution >= 0.6 is 0 Å². The van der Waals surface area contributed by atoms with Crippen molar-refractivity contribution in [1.82, 2.24) is 4.98 Å². The Morgan fingerprint density at radius 3 is 2.65 bits per heavy atom. The van der Waals surface area contributed by atoms with Crippen LogP contribution in [0.4, 0.5) is 4.39 Å². The molecule has 0 aliphatic heterocycles. The monoisotopic (exact) mass is 277 g/mol. The number of hydrogen-bond acceptors (Lipinski definition) is 4. The largest absolute Gasteiger partial charge is 0.490 e. The molecule has 1 aromatic carbocycles. The maximum Gasteiger partial charge on any atom is 0.256 e. The normalized spacial score (nSPS) is 10.3. The molecule has 20 heavy (non-hydrogen) atoms. The smallest absolute Gasteiger partial charge is 0.256 e. The van der Waals surface area contributed by atoms with Gasteiger partial charge < -0.3 is 14.6 Å². The number of aliphatic hydroxyl groups excluding tert-OH is 1. The van der Waals surface area contributed by atoms with Crippen molar-refractivity contribution in [1.29, 1.82) is 0 Å². The Kier molecular flexibility index (Phi) is 4.90. The maximum atomic E-state index is 14.0. The van der Waals surface area contributed by atoms with Gasteiger partial charge >= 0.3 is 0 Å². The van der Waals surface area contributed by atoms with Crippen LogP contribution < -0.4 is 9.47 Å². The predicted molar refractivity (Wildman–Crippen MR) is 72.4 cm³/mol. The van der Waals surface area contributed by atoms with Crippen molar-refractivity contribution in [2.24, 2.45) is 0 Å². The number of para-hydroxylation sites is 2. The lowest BCUT2D eigenvalue weighted by atomic mass is 10.2. The summed E-state index contributed by atoms with van der Waals surface area (Å²) in [5.41, 5.74) is 0.141. The molecule has 0 saturated heterocycles. The number of aliphatic hydroxyl groups is 1. The molecule has 1 aromatic heterocycles. The topological polar surface area (TPSA) is 51.6 Å². The first-order valence-electron chi connectivity index (χ1n) is 6.40. The van der Waals surface area contributed by atoms with Crippen LogP contribution in [0.5, 0.6) is 17.4 Å². The molecule has 2 aromatic rings. The fourth-order valence-corrected chi connectivity index (χ4v) is 1.63. The standard InChI is InChI=1S/C15H16FNO3/c1-2-9-19-12-5-3-4-6-13(12)20-15-14(16)11(10-18)7-8-17-15/h3-8,18H,2,9-10H2,1H3. The number of halogens is 1. The van der Waals surface area contributed by atoms with E-state index in [2.05, 4.69) is 4.98 Å². The van der Waals surface area contributed by atoms with Crippen LogP contribution in [0.25, 0.3) is 0 Å². The van der Waals surface area contributed by atoms with E-state index in [1.54, 1.807) is 18.2 Å². The molecule has 0 aliphatic carbocycles. The highest BCUT2D eigenvalue weighted by Crippen LogP contribution is 2.32. The molecular weight excluding hydrogens is 261 g/mol. The molecule has 5 heteroatoms. The Balaban J connectivity index is 2.26. The highest BCUT2D eigenvalue weighted by atomic mass is 19.1. The fraction of sp³-hybridized carbons (Fsp3) is 0.267. The Bertz CT molecular complexity index is 575. The zero-order chi connectivity index (χ0) is 14.4. The first kappa shape index (κ1) is 14.3. The lowest BCUT2D eigenvalue weighted by Crippen LogP contribution is -2.00. The van der Waals surface area contributed by atoms with Crippen LogP contribution in [-0.4, -0.2) is 16.7 Å². The molecule has 0 amide bonds. The molecule has 1 N–H and O–H groups in total. The molecule has 0 unspecified atom stereocenters. The summed E-state index contributed by atoms with van der Waals surface area (Å²) in [5.74, 6) is 0.0804. The maximum absolute atomic E-state index is 14.0. The van der Waals surface area contributed by atoms with Gasteiger partial charge in [-0.3, -0.25) is 0 Å². The van der Waals surface area contributed by atoms with Crippen molar-refractivity contribution in [2.45, 2.75) is 20.0 Å². The van der Waals surface area contributed by atoms with E-state index >= 15 is 0 Å². The van der Waals surface area contributed by atoms with Gasteiger partial charge in [0.1, 0.15) is 0 Å². The molecule has 106 valence electrons. The molecule has 4 nitrogen and oxygen atoms in total. The van der Waals surface area contributed by atoms with Crippen molar-refractivity contribution in [3.8, 4) is 17.4 Å². The number of hydrogen-bond donors (Lipinski definition) is 1. The quantitative estimate of drug-likeness (QED) is 0.880. The van der Waals surface area contributed by atoms with Gasteiger partial charge in [0.25, 0.3) is 5.88 Å². The predicted octanol–water partition coefficient (Wildman–Crippen LogP) is 3.29. The van der Waals surface area contributed by atoms with E-state index in [4.69, 9.17) is 14.6 Å². The number of ether oxygens (including phenoxy) is 2. The third-order valence-corrected chi connectivity index (χ3v) is 2.63. The van der Waals surface area contributed by atoms with Gasteiger partial charge in [-0.05, 0) is 24.6 Å². The first-order valence-corrected chi connectivity index (χ1v) is 6.40. The highest BCUT2D eigenvalue weighted by molar-refractivity contribution is 5.42. The molecule has 0 spiro atoms. The van der Waals surface area contributed by atoms with Crippen LogP contribution in [0.15, 0.2) is 36.5 Å². The molecule has 0 radical (unpaired) electrons. The molecule has 0 aliphatic rings. The molecular formula is C15H16FNO3. The van der Waals surface area contributed by atoms with Crippen LogP contribution in [-0.2, 0) is 6.61 Å². The molecule has 1 heterocycles. The zero-order valence-electron chi connectivity index (χ0n) is 11.2. The number of aromatic nitrogens is 1. The zero-order valence-corrected chi connectivity index (χ0v) is 11.2. The van der Waals surface area contributed by atoms with Gasteiger partial charge in [-0.25, -0.2) is 9.37 Å². The van der Waals surface area contributed by atoms with Gasteiger partial charge in [-0.15, -0.1) is 0 Å².